The van der Waals surface area contributed by atoms with Gasteiger partial charge in [0.05, 0.1) is 90.4 Å². The topological polar surface area (TPSA) is 931 Å². The maximum absolute atomic E-state index is 15.0. The molecule has 0 aromatic carbocycles. The van der Waals surface area contributed by atoms with Crippen molar-refractivity contribution in [3.63, 3.8) is 0 Å². The number of aliphatic hydroxyl groups excluding tert-OH is 26. The maximum Gasteiger partial charge on any atom is 0.364 e. The minimum atomic E-state index is -3.39. The second kappa shape index (κ2) is 49.7. The average Bonchev–Trinajstić information content (AvgIpc) is 0.752. The van der Waals surface area contributed by atoms with Gasteiger partial charge in [-0.05, 0) is 0 Å². The number of carbonyl (C=O) groups is 7. The minimum absolute atomic E-state index is 0.820. The highest BCUT2D eigenvalue weighted by atomic mass is 19.1. The van der Waals surface area contributed by atoms with Crippen LogP contribution >= 0.6 is 0 Å². The largest absolute Gasteiger partial charge is 0.477 e. The highest BCUT2D eigenvalue weighted by Gasteiger charge is 2.66. The van der Waals surface area contributed by atoms with E-state index in [2.05, 4.69) is 26.6 Å². The van der Waals surface area contributed by atoms with Crippen LogP contribution in [-0.4, -0.2) is 576 Å². The van der Waals surface area contributed by atoms with Gasteiger partial charge in [0.1, 0.15) is 220 Å². The van der Waals surface area contributed by atoms with E-state index in [-0.39, 0.29) is 0 Å². The lowest BCUT2D eigenvalue weighted by atomic mass is 9.88. The molecule has 0 radical (unpaired) electrons. The quantitative estimate of drug-likeness (QED) is 0.0271. The molecule has 0 bridgehead atoms. The van der Waals surface area contributed by atoms with Crippen molar-refractivity contribution in [1.29, 1.82) is 0 Å². The molecule has 10 saturated heterocycles. The summed E-state index contributed by atoms with van der Waals surface area (Å²) in [5, 5.41) is 328. The Labute approximate surface area is 784 Å². The summed E-state index contributed by atoms with van der Waals surface area (Å²) in [5.74, 6) is -16.0. The molecule has 5 amide bonds. The van der Waals surface area contributed by atoms with Crippen LogP contribution in [0.2, 0.25) is 0 Å². The van der Waals surface area contributed by atoms with E-state index in [0.29, 0.717) is 0 Å². The van der Waals surface area contributed by atoms with Gasteiger partial charge in [0, 0.05) is 54.6 Å². The molecule has 10 heterocycles. The fourth-order valence-corrected chi connectivity index (χ4v) is 17.9. The van der Waals surface area contributed by atoms with E-state index < -0.39 is 438 Å². The molecule has 0 spiro atoms. The van der Waals surface area contributed by atoms with Gasteiger partial charge in [-0.2, -0.15) is 0 Å². The summed E-state index contributed by atoms with van der Waals surface area (Å²) in [7, 11) is 1.07. The number of aliphatic carboxylic acids is 2. The van der Waals surface area contributed by atoms with Gasteiger partial charge < -0.3 is 264 Å². The number of alkyl halides is 2. The number of amides is 5. The lowest BCUT2D eigenvalue weighted by Crippen LogP contribution is -2.71. The summed E-state index contributed by atoms with van der Waals surface area (Å²) >= 11 is 0. The van der Waals surface area contributed by atoms with Crippen molar-refractivity contribution in [3.8, 4) is 0 Å². The van der Waals surface area contributed by atoms with Crippen LogP contribution in [0, 0.1) is 0 Å². The van der Waals surface area contributed by atoms with Crippen LogP contribution in [0.25, 0.3) is 0 Å². The molecule has 802 valence electrons. The molecule has 48 unspecified atom stereocenters. The van der Waals surface area contributed by atoms with Crippen LogP contribution < -0.4 is 26.6 Å². The number of carboxylic acids is 2. The predicted molar refractivity (Wildman–Crippen MR) is 425 cm³/mol. The number of hydrogen-bond acceptors (Lipinski definition) is 53. The molecule has 10 aliphatic rings. The van der Waals surface area contributed by atoms with E-state index in [1.54, 1.807) is 0 Å². The number of ether oxygens (including phenoxy) is 20. The first-order valence-corrected chi connectivity index (χ1v) is 43.7. The van der Waals surface area contributed by atoms with Crippen LogP contribution in [0.15, 0.2) is 0 Å². The van der Waals surface area contributed by atoms with Crippen molar-refractivity contribution in [2.45, 2.75) is 366 Å². The van der Waals surface area contributed by atoms with E-state index in [4.69, 9.17) is 94.7 Å². The molecule has 10 rings (SSSR count). The lowest BCUT2D eigenvalue weighted by Gasteiger charge is -2.51. The summed E-state index contributed by atoms with van der Waals surface area (Å²) in [6.07, 6.45) is -107. The van der Waals surface area contributed by atoms with Crippen molar-refractivity contribution in [2.75, 3.05) is 73.2 Å². The SMILES string of the molecule is COC1OC(CO)C(OC2OC(COC3OC(CO)C(O)C(O)C3OC3OC(CO)C(OC4OC(CO)C(O)C(OC5(C(=O)O)CC(O)C(NC(C)=O)C([C@H](O)[C@H](F)CO)O5)C4O)C(O)C3NC(C)=O)C(O)C(OC3OC(CO)C(O)C(O)C3OC3OC(CO)C(OC4OC(CO)C(O)C(OC5(C(=O)O)CC(O)C(NC(C)=O)C([C@H](O)[C@H](F)CO)O5)C4O)C(O)C3NC(C)=O)C2O)C(O)C1NC(C)=O. The first kappa shape index (κ1) is 115. The normalized spacial score (nSPS) is 45.9. The summed E-state index contributed by atoms with van der Waals surface area (Å²) in [6, 6.07) is -9.57. The molecule has 52 atom stereocenters. The zero-order valence-corrected chi connectivity index (χ0v) is 74.7. The van der Waals surface area contributed by atoms with E-state index in [1.807, 2.05) is 0 Å². The van der Waals surface area contributed by atoms with Crippen molar-refractivity contribution in [2.24, 2.45) is 0 Å². The fraction of sp³-hybridized carbons (Fsp3) is 0.909. The second-order valence-electron chi connectivity index (χ2n) is 34.7. The summed E-state index contributed by atoms with van der Waals surface area (Å²) < 4.78 is 148. The number of aliphatic hydroxyl groups is 26. The zero-order valence-electron chi connectivity index (χ0n) is 74.7. The first-order valence-electron chi connectivity index (χ1n) is 43.7. The third kappa shape index (κ3) is 25.4. The first-order chi connectivity index (χ1) is 65.5. The number of hydrogen-bond donors (Lipinski definition) is 33. The number of carbonyl (C=O) groups excluding carboxylic acids is 5. The third-order valence-electron chi connectivity index (χ3n) is 25.0. The van der Waals surface area contributed by atoms with Crippen LogP contribution in [0.5, 0.6) is 0 Å². The van der Waals surface area contributed by atoms with Crippen LogP contribution in [0.4, 0.5) is 8.78 Å². The Hall–Kier alpha value is -5.69. The Morgan fingerprint density at radius 3 is 0.906 bits per heavy atom. The number of methoxy groups -OCH3 is 1. The van der Waals surface area contributed by atoms with Crippen molar-refractivity contribution < 1.29 is 280 Å². The van der Waals surface area contributed by atoms with Crippen molar-refractivity contribution >= 4 is 41.5 Å². The molecule has 62 heteroatoms. The molecule has 10 fully saturated rings. The summed E-state index contributed by atoms with van der Waals surface area (Å²) in [4.78, 5) is 90.1. The molecule has 0 aliphatic carbocycles. The Bertz CT molecular complexity index is 3960. The summed E-state index contributed by atoms with van der Waals surface area (Å²) in [5.41, 5.74) is 0. The number of halogens is 2. The second-order valence-corrected chi connectivity index (χ2v) is 34.7. The monoisotopic (exact) mass is 2040 g/mol. The van der Waals surface area contributed by atoms with E-state index in [9.17, 15) is 177 Å². The van der Waals surface area contributed by atoms with Gasteiger partial charge in [-0.1, -0.05) is 0 Å². The lowest BCUT2D eigenvalue weighted by molar-refractivity contribution is -0.400. The van der Waals surface area contributed by atoms with Gasteiger partial charge in [0.15, 0.2) is 62.7 Å². The molecule has 10 aliphatic heterocycles. The molecule has 0 aromatic rings. The van der Waals surface area contributed by atoms with Gasteiger partial charge in [0.2, 0.25) is 29.5 Å². The van der Waals surface area contributed by atoms with Gasteiger partial charge >= 0.3 is 11.9 Å². The van der Waals surface area contributed by atoms with Gasteiger partial charge in [0.25, 0.3) is 11.6 Å². The number of nitrogens with one attached hydrogen (secondary N) is 5. The predicted octanol–water partition coefficient (Wildman–Crippen LogP) is -21.1. The van der Waals surface area contributed by atoms with E-state index in [1.165, 1.54) is 0 Å². The molecular weight excluding hydrogens is 1910 g/mol. The van der Waals surface area contributed by atoms with Crippen molar-refractivity contribution in [3.05, 3.63) is 0 Å². The summed E-state index contributed by atoms with van der Waals surface area (Å²) in [6.45, 7) is -8.32. The fourth-order valence-electron chi connectivity index (χ4n) is 17.9. The smallest absolute Gasteiger partial charge is 0.364 e. The average molecular weight is 2040 g/mol. The molecule has 60 nitrogen and oxygen atoms in total. The van der Waals surface area contributed by atoms with Gasteiger partial charge in [-0.3, -0.25) is 24.0 Å². The van der Waals surface area contributed by atoms with Crippen LogP contribution in [0.1, 0.15) is 47.5 Å². The van der Waals surface area contributed by atoms with Gasteiger partial charge in [-0.25, -0.2) is 18.4 Å². The number of carboxylic acid groups (broad SMARTS) is 2. The maximum atomic E-state index is 15.0. The Morgan fingerprint density at radius 1 is 0.317 bits per heavy atom. The highest BCUT2D eigenvalue weighted by Crippen LogP contribution is 2.45. The third-order valence-corrected chi connectivity index (χ3v) is 25.0. The number of rotatable bonds is 40. The standard InChI is InChI=1S/C77H125F2N5O55/c1-19(94)80-36-26(99)7-76(74(116)117,136-59(36)41(101)24(78)9-85)138-62-45(105)30(13-89)122-70(54(62)114)131-57-33(16-92)127-67(39(49(57)109)83-22(4)97)134-64-51(111)43(103)28(11-87)124-72(64)121-18-35-47(107)61(53(113)69(129-35)130-56-32(15-91)126-66(120-6)38(48(56)108)82-21(3)96)133-73-65(52(112)44(104)29(12-88)125-73)135-68-40(84-23(5)98)50(110)58(34(17-93)128-68)132-71-55(115)63(46(106)31(14-90)123-71)139-77(75(118)119)8-27(100)37(81-20(2)95)60(137-77)42(102)25(79)10-86/h24-73,85-93,99-115H,7-18H2,1-6H3,(H,80,94)(H,81,95)(H,82,96)(H,83,97)(H,84,98)(H,116,117)(H,118,119)/t24-,25-,26?,27?,28?,29?,30?,31?,32?,33?,34?,35?,36?,37?,38?,39?,40?,41-,42-,43?,44?,45?,46?,47?,48?,49?,50?,51?,52?,53?,54?,55?,56?,57?,58?,59?,60?,61?,62?,63?,64?,65?,66?,67?,68?,69?,70?,71?,72?,73?,76?,77?/m1/s1. The van der Waals surface area contributed by atoms with E-state index >= 15 is 8.78 Å². The van der Waals surface area contributed by atoms with E-state index in [0.717, 1.165) is 41.7 Å². The molecule has 0 aromatic heterocycles. The Balaban J connectivity index is 0.937. The van der Waals surface area contributed by atoms with Gasteiger partial charge in [-0.15, -0.1) is 0 Å². The Kier molecular flexibility index (Phi) is 41.2. The van der Waals surface area contributed by atoms with Crippen molar-refractivity contribution in [1.82, 2.24) is 26.6 Å². The molecule has 0 saturated carbocycles. The minimum Gasteiger partial charge on any atom is -0.477 e. The molecule has 139 heavy (non-hydrogen) atoms. The molecule has 33 N–H and O–H groups in total. The highest BCUT2D eigenvalue weighted by molar-refractivity contribution is 5.78. The Morgan fingerprint density at radius 2 is 0.583 bits per heavy atom. The van der Waals surface area contributed by atoms with Crippen LogP contribution in [0.3, 0.4) is 0 Å². The van der Waals surface area contributed by atoms with Crippen LogP contribution in [-0.2, 0) is 128 Å². The molecular formula is C77H125F2N5O55. The zero-order chi connectivity index (χ0) is 103.